The number of hydrogen-bond acceptors (Lipinski definition) is 4. The summed E-state index contributed by atoms with van der Waals surface area (Å²) in [6.45, 7) is 4.16. The van der Waals surface area contributed by atoms with E-state index in [9.17, 15) is 0 Å². The number of aromatic nitrogens is 1. The maximum Gasteiger partial charge on any atom is 0.224 e. The van der Waals surface area contributed by atoms with Gasteiger partial charge >= 0.3 is 0 Å². The van der Waals surface area contributed by atoms with Gasteiger partial charge in [-0.05, 0) is 44.7 Å². The molecule has 2 aliphatic rings. The maximum atomic E-state index is 6.16. The topological polar surface area (TPSA) is 57.4 Å². The zero-order valence-corrected chi connectivity index (χ0v) is 13.4. The minimum atomic E-state index is 0.115. The highest BCUT2D eigenvalue weighted by atomic mass is 32.1. The molecule has 0 amide bonds. The Morgan fingerprint density at radius 1 is 1.33 bits per heavy atom. The molecule has 0 saturated carbocycles. The summed E-state index contributed by atoms with van der Waals surface area (Å²) in [5.41, 5.74) is 9.03. The molecular weight excluding hydrogens is 284 g/mol. The zero-order chi connectivity index (χ0) is 15.0. The first-order valence-corrected chi connectivity index (χ1v) is 8.08. The SMILES string of the molecule is CC1CC(Oc2nc3c(cc2C(N)=S)CCC3)CC(C)O1. The summed E-state index contributed by atoms with van der Waals surface area (Å²) in [5.74, 6) is 0.606. The van der Waals surface area contributed by atoms with Gasteiger partial charge in [0.2, 0.25) is 5.88 Å². The molecule has 4 nitrogen and oxygen atoms in total. The minimum absolute atomic E-state index is 0.115. The van der Waals surface area contributed by atoms with Crippen molar-refractivity contribution >= 4 is 17.2 Å². The van der Waals surface area contributed by atoms with E-state index in [2.05, 4.69) is 24.9 Å². The van der Waals surface area contributed by atoms with E-state index in [0.717, 1.165) is 43.4 Å². The standard InChI is InChI=1S/C16H22N2O2S/c1-9-6-12(7-10(2)19-9)20-16-13(15(17)21)8-11-4-3-5-14(11)18-16/h8-10,12H,3-7H2,1-2H3,(H2,17,21). The van der Waals surface area contributed by atoms with Crippen molar-refractivity contribution in [2.24, 2.45) is 5.73 Å². The molecule has 1 saturated heterocycles. The number of thiocarbonyl (C=S) groups is 1. The molecule has 3 rings (SSSR count). The maximum absolute atomic E-state index is 6.16. The number of hydrogen-bond donors (Lipinski definition) is 1. The summed E-state index contributed by atoms with van der Waals surface area (Å²) in [6.07, 6.45) is 5.51. The van der Waals surface area contributed by atoms with E-state index in [-0.39, 0.29) is 18.3 Å². The first-order chi connectivity index (χ1) is 10.0. The van der Waals surface area contributed by atoms with E-state index >= 15 is 0 Å². The van der Waals surface area contributed by atoms with E-state index in [1.165, 1.54) is 5.56 Å². The van der Waals surface area contributed by atoms with Gasteiger partial charge in [-0.25, -0.2) is 4.98 Å². The van der Waals surface area contributed by atoms with E-state index in [1.807, 2.05) is 0 Å². The van der Waals surface area contributed by atoms with Gasteiger partial charge in [0.25, 0.3) is 0 Å². The molecule has 5 heteroatoms. The van der Waals surface area contributed by atoms with Crippen LogP contribution in [-0.4, -0.2) is 28.3 Å². The summed E-state index contributed by atoms with van der Waals surface area (Å²) in [5, 5.41) is 0. The monoisotopic (exact) mass is 306 g/mol. The molecule has 1 fully saturated rings. The van der Waals surface area contributed by atoms with Crippen LogP contribution in [0.25, 0.3) is 0 Å². The normalized spacial score (nSPS) is 28.2. The lowest BCUT2D eigenvalue weighted by molar-refractivity contribution is -0.0730. The smallest absolute Gasteiger partial charge is 0.224 e. The largest absolute Gasteiger partial charge is 0.474 e. The fourth-order valence-electron chi connectivity index (χ4n) is 3.32. The van der Waals surface area contributed by atoms with Crippen LogP contribution in [0.3, 0.4) is 0 Å². The number of nitrogens with two attached hydrogens (primary N) is 1. The van der Waals surface area contributed by atoms with Crippen LogP contribution in [-0.2, 0) is 17.6 Å². The lowest BCUT2D eigenvalue weighted by atomic mass is 10.0. The van der Waals surface area contributed by atoms with Gasteiger partial charge in [0.05, 0.1) is 17.8 Å². The van der Waals surface area contributed by atoms with Gasteiger partial charge in [0, 0.05) is 18.5 Å². The van der Waals surface area contributed by atoms with E-state index < -0.39 is 0 Å². The number of fused-ring (bicyclic) bond motifs is 1. The Hall–Kier alpha value is -1.20. The van der Waals surface area contributed by atoms with E-state index in [0.29, 0.717) is 10.9 Å². The van der Waals surface area contributed by atoms with Crippen LogP contribution in [0.5, 0.6) is 5.88 Å². The molecule has 0 aromatic carbocycles. The highest BCUT2D eigenvalue weighted by molar-refractivity contribution is 7.80. The molecule has 2 unspecified atom stereocenters. The Labute approximate surface area is 131 Å². The van der Waals surface area contributed by atoms with Gasteiger partial charge in [-0.2, -0.15) is 0 Å². The third-order valence-corrected chi connectivity index (χ3v) is 4.43. The average molecular weight is 306 g/mol. The second-order valence-electron chi connectivity index (χ2n) is 6.13. The highest BCUT2D eigenvalue weighted by Crippen LogP contribution is 2.29. The Balaban J connectivity index is 1.85. The molecule has 2 atom stereocenters. The van der Waals surface area contributed by atoms with E-state index in [1.54, 1.807) is 0 Å². The van der Waals surface area contributed by atoms with Crippen LogP contribution < -0.4 is 10.5 Å². The first-order valence-electron chi connectivity index (χ1n) is 7.67. The fourth-order valence-corrected chi connectivity index (χ4v) is 3.46. The molecule has 1 aliphatic heterocycles. The Kier molecular flexibility index (Phi) is 4.13. The number of pyridine rings is 1. The third kappa shape index (κ3) is 3.19. The van der Waals surface area contributed by atoms with Crippen LogP contribution in [0.15, 0.2) is 6.07 Å². The minimum Gasteiger partial charge on any atom is -0.474 e. The van der Waals surface area contributed by atoms with Crippen LogP contribution in [0.2, 0.25) is 0 Å². The highest BCUT2D eigenvalue weighted by Gasteiger charge is 2.28. The summed E-state index contributed by atoms with van der Waals surface area (Å²) in [7, 11) is 0. The van der Waals surface area contributed by atoms with Gasteiger partial charge in [-0.1, -0.05) is 12.2 Å². The van der Waals surface area contributed by atoms with Crippen molar-refractivity contribution in [2.45, 2.75) is 64.3 Å². The molecule has 2 N–H and O–H groups in total. The number of ether oxygens (including phenoxy) is 2. The quantitative estimate of drug-likeness (QED) is 0.870. The molecule has 0 bridgehead atoms. The molecule has 0 spiro atoms. The van der Waals surface area contributed by atoms with Crippen LogP contribution in [0.4, 0.5) is 0 Å². The summed E-state index contributed by atoms with van der Waals surface area (Å²) < 4.78 is 11.9. The molecule has 0 radical (unpaired) electrons. The van der Waals surface area contributed by atoms with Gasteiger partial charge in [-0.3, -0.25) is 0 Å². The van der Waals surface area contributed by atoms with Crippen molar-refractivity contribution < 1.29 is 9.47 Å². The molecule has 1 aliphatic carbocycles. The lowest BCUT2D eigenvalue weighted by Crippen LogP contribution is -2.36. The predicted octanol–water partition coefficient (Wildman–Crippen LogP) is 2.54. The average Bonchev–Trinajstić information content (AvgIpc) is 2.83. The molecule has 114 valence electrons. The second kappa shape index (κ2) is 5.89. The second-order valence-corrected chi connectivity index (χ2v) is 6.57. The summed E-state index contributed by atoms with van der Waals surface area (Å²) >= 11 is 5.17. The van der Waals surface area contributed by atoms with Gasteiger partial charge in [0.1, 0.15) is 11.1 Å². The van der Waals surface area contributed by atoms with Crippen LogP contribution in [0.1, 0.15) is 49.9 Å². The molecular formula is C16H22N2O2S. The Morgan fingerprint density at radius 3 is 2.71 bits per heavy atom. The third-order valence-electron chi connectivity index (χ3n) is 4.21. The lowest BCUT2D eigenvalue weighted by Gasteiger charge is -2.32. The zero-order valence-electron chi connectivity index (χ0n) is 12.6. The van der Waals surface area contributed by atoms with Crippen molar-refractivity contribution in [1.29, 1.82) is 0 Å². The Bertz CT molecular complexity index is 551. The molecule has 1 aromatic heterocycles. The van der Waals surface area contributed by atoms with Crippen molar-refractivity contribution in [1.82, 2.24) is 4.98 Å². The summed E-state index contributed by atoms with van der Waals surface area (Å²) in [4.78, 5) is 5.05. The van der Waals surface area contributed by atoms with Gasteiger partial charge in [0.15, 0.2) is 0 Å². The van der Waals surface area contributed by atoms with Gasteiger partial charge in [-0.15, -0.1) is 0 Å². The van der Waals surface area contributed by atoms with Crippen molar-refractivity contribution in [2.75, 3.05) is 0 Å². The molecule has 1 aromatic rings. The van der Waals surface area contributed by atoms with Crippen molar-refractivity contribution in [3.8, 4) is 5.88 Å². The van der Waals surface area contributed by atoms with Crippen molar-refractivity contribution in [3.05, 3.63) is 22.9 Å². The first kappa shape index (κ1) is 14.7. The number of aryl methyl sites for hydroxylation is 2. The summed E-state index contributed by atoms with van der Waals surface area (Å²) in [6, 6.07) is 2.07. The number of rotatable bonds is 3. The number of nitrogens with zero attached hydrogens (tertiary/aromatic N) is 1. The Morgan fingerprint density at radius 2 is 2.05 bits per heavy atom. The van der Waals surface area contributed by atoms with Crippen LogP contribution in [0, 0.1) is 0 Å². The molecule has 2 heterocycles. The van der Waals surface area contributed by atoms with Crippen molar-refractivity contribution in [3.63, 3.8) is 0 Å². The van der Waals surface area contributed by atoms with Gasteiger partial charge < -0.3 is 15.2 Å². The fraction of sp³-hybridized carbons (Fsp3) is 0.625. The van der Waals surface area contributed by atoms with Crippen LogP contribution >= 0.6 is 12.2 Å². The molecule has 21 heavy (non-hydrogen) atoms. The predicted molar refractivity (Wildman–Crippen MR) is 85.8 cm³/mol. The van der Waals surface area contributed by atoms with E-state index in [4.69, 9.17) is 27.4 Å².